The fraction of sp³-hybridized carbons (Fsp3) is 0.714. The summed E-state index contributed by atoms with van der Waals surface area (Å²) in [6, 6.07) is 9.01. The predicted octanol–water partition coefficient (Wildman–Crippen LogP) is 2.45. The van der Waals surface area contributed by atoms with Gasteiger partial charge < -0.3 is 10.0 Å². The minimum absolute atomic E-state index is 0.372. The van der Waals surface area contributed by atoms with E-state index in [2.05, 4.69) is 36.9 Å². The van der Waals surface area contributed by atoms with Crippen molar-refractivity contribution in [2.45, 2.75) is 62.6 Å². The van der Waals surface area contributed by atoms with E-state index in [1.165, 1.54) is 25.9 Å². The van der Waals surface area contributed by atoms with Gasteiger partial charge in [0.15, 0.2) is 0 Å². The summed E-state index contributed by atoms with van der Waals surface area (Å²) in [7, 11) is 0. The Kier molecular flexibility index (Phi) is 4.66. The molecule has 3 fully saturated rings. The maximum absolute atomic E-state index is 11.5. The van der Waals surface area contributed by atoms with Crippen LogP contribution in [0.1, 0.15) is 51.0 Å². The zero-order valence-electron chi connectivity index (χ0n) is 16.1. The SMILES string of the molecule is O[C@@]1(CN2CCC(n3nnc4ccccc43)CC2)CCCN2CCCC[C@@H]21. The number of aliphatic hydroxyl groups is 1. The summed E-state index contributed by atoms with van der Waals surface area (Å²) < 4.78 is 2.12. The number of rotatable bonds is 3. The third-order valence-electron chi connectivity index (χ3n) is 7.07. The molecular formula is C21H31N5O. The second-order valence-corrected chi connectivity index (χ2v) is 8.78. The monoisotopic (exact) mass is 369 g/mol. The molecule has 0 amide bonds. The lowest BCUT2D eigenvalue weighted by molar-refractivity contribution is -0.111. The number of likely N-dealkylation sites (tertiary alicyclic amines) is 1. The maximum atomic E-state index is 11.5. The van der Waals surface area contributed by atoms with E-state index < -0.39 is 5.60 Å². The molecule has 0 aliphatic carbocycles. The molecule has 1 N–H and O–H groups in total. The molecular weight excluding hydrogens is 338 g/mol. The fourth-order valence-electron chi connectivity index (χ4n) is 5.67. The Morgan fingerprint density at radius 3 is 2.70 bits per heavy atom. The molecule has 0 bridgehead atoms. The first-order valence-corrected chi connectivity index (χ1v) is 10.7. The minimum Gasteiger partial charge on any atom is -0.387 e. The highest BCUT2D eigenvalue weighted by atomic mass is 16.3. The third-order valence-corrected chi connectivity index (χ3v) is 7.07. The highest BCUT2D eigenvalue weighted by molar-refractivity contribution is 5.73. The summed E-state index contributed by atoms with van der Waals surface area (Å²) >= 11 is 0. The van der Waals surface area contributed by atoms with Crippen LogP contribution < -0.4 is 0 Å². The molecule has 6 nitrogen and oxygen atoms in total. The highest BCUT2D eigenvalue weighted by Crippen LogP contribution is 2.36. The molecule has 4 heterocycles. The van der Waals surface area contributed by atoms with Gasteiger partial charge in [-0.15, -0.1) is 5.10 Å². The number of hydrogen-bond acceptors (Lipinski definition) is 5. The van der Waals surface area contributed by atoms with Gasteiger partial charge in [-0.25, -0.2) is 4.68 Å². The van der Waals surface area contributed by atoms with Gasteiger partial charge >= 0.3 is 0 Å². The van der Waals surface area contributed by atoms with E-state index in [0.29, 0.717) is 12.1 Å². The summed E-state index contributed by atoms with van der Waals surface area (Å²) in [5, 5.41) is 20.2. The zero-order valence-corrected chi connectivity index (χ0v) is 16.1. The topological polar surface area (TPSA) is 57.4 Å². The fourth-order valence-corrected chi connectivity index (χ4v) is 5.67. The van der Waals surface area contributed by atoms with Crippen molar-refractivity contribution in [3.05, 3.63) is 24.3 Å². The third kappa shape index (κ3) is 3.28. The van der Waals surface area contributed by atoms with Crippen LogP contribution in [-0.2, 0) is 0 Å². The summed E-state index contributed by atoms with van der Waals surface area (Å²) in [4.78, 5) is 5.05. The summed E-state index contributed by atoms with van der Waals surface area (Å²) in [6.07, 6.45) is 7.98. The molecule has 0 radical (unpaired) electrons. The number of benzene rings is 1. The second kappa shape index (κ2) is 7.15. The van der Waals surface area contributed by atoms with Gasteiger partial charge in [-0.2, -0.15) is 0 Å². The first-order valence-electron chi connectivity index (χ1n) is 10.7. The van der Waals surface area contributed by atoms with Crippen LogP contribution in [0.4, 0.5) is 0 Å². The molecule has 0 spiro atoms. The van der Waals surface area contributed by atoms with Crippen LogP contribution >= 0.6 is 0 Å². The van der Waals surface area contributed by atoms with Crippen LogP contribution in [0.25, 0.3) is 11.0 Å². The molecule has 1 aromatic carbocycles. The number of fused-ring (bicyclic) bond motifs is 2. The molecule has 3 aliphatic heterocycles. The van der Waals surface area contributed by atoms with Gasteiger partial charge in [-0.3, -0.25) is 4.90 Å². The van der Waals surface area contributed by atoms with Crippen molar-refractivity contribution < 1.29 is 5.11 Å². The van der Waals surface area contributed by atoms with Crippen molar-refractivity contribution >= 4 is 11.0 Å². The molecule has 5 rings (SSSR count). The van der Waals surface area contributed by atoms with E-state index in [1.54, 1.807) is 0 Å². The molecule has 0 unspecified atom stereocenters. The van der Waals surface area contributed by atoms with Gasteiger partial charge in [0, 0.05) is 25.7 Å². The number of nitrogens with zero attached hydrogens (tertiary/aromatic N) is 5. The quantitative estimate of drug-likeness (QED) is 0.901. The summed E-state index contributed by atoms with van der Waals surface area (Å²) in [5.74, 6) is 0. The Bertz CT molecular complexity index is 782. The van der Waals surface area contributed by atoms with Crippen molar-refractivity contribution in [1.29, 1.82) is 0 Å². The van der Waals surface area contributed by atoms with E-state index in [0.717, 1.165) is 62.8 Å². The van der Waals surface area contributed by atoms with Crippen molar-refractivity contribution in [3.8, 4) is 0 Å². The molecule has 3 aliphatic rings. The number of piperidine rings is 3. The summed E-state index contributed by atoms with van der Waals surface area (Å²) in [6.45, 7) is 5.25. The molecule has 2 aromatic rings. The van der Waals surface area contributed by atoms with Gasteiger partial charge in [0.2, 0.25) is 0 Å². The molecule has 3 saturated heterocycles. The van der Waals surface area contributed by atoms with Gasteiger partial charge in [-0.05, 0) is 63.7 Å². The maximum Gasteiger partial charge on any atom is 0.113 e. The Balaban J connectivity index is 1.24. The first-order chi connectivity index (χ1) is 13.2. The van der Waals surface area contributed by atoms with Gasteiger partial charge in [0.1, 0.15) is 5.52 Å². The van der Waals surface area contributed by atoms with Crippen LogP contribution in [0.15, 0.2) is 24.3 Å². The van der Waals surface area contributed by atoms with Crippen LogP contribution in [0.2, 0.25) is 0 Å². The van der Waals surface area contributed by atoms with Gasteiger partial charge in [-0.1, -0.05) is 23.8 Å². The molecule has 1 aromatic heterocycles. The normalized spacial score (nSPS) is 31.2. The van der Waals surface area contributed by atoms with Crippen molar-refractivity contribution in [2.75, 3.05) is 32.7 Å². The second-order valence-electron chi connectivity index (χ2n) is 8.78. The number of hydrogen-bond donors (Lipinski definition) is 1. The van der Waals surface area contributed by atoms with Crippen LogP contribution in [0, 0.1) is 0 Å². The molecule has 27 heavy (non-hydrogen) atoms. The summed E-state index contributed by atoms with van der Waals surface area (Å²) in [5.41, 5.74) is 1.60. The van der Waals surface area contributed by atoms with Crippen LogP contribution in [-0.4, -0.2) is 74.3 Å². The Morgan fingerprint density at radius 1 is 1.00 bits per heavy atom. The van der Waals surface area contributed by atoms with E-state index >= 15 is 0 Å². The lowest BCUT2D eigenvalue weighted by Gasteiger charge is -2.51. The van der Waals surface area contributed by atoms with Gasteiger partial charge in [0.25, 0.3) is 0 Å². The largest absolute Gasteiger partial charge is 0.387 e. The Hall–Kier alpha value is -1.50. The molecule has 146 valence electrons. The zero-order chi connectivity index (χ0) is 18.3. The van der Waals surface area contributed by atoms with E-state index in [1.807, 2.05) is 12.1 Å². The standard InChI is InChI=1S/C21H31N5O/c27-21(11-5-13-25-12-4-3-8-20(21)25)16-24-14-9-17(10-15-24)26-19-7-2-1-6-18(19)22-23-26/h1-2,6-7,17,20,27H,3-5,8-16H2/t20-,21-/m1/s1. The Morgan fingerprint density at radius 2 is 1.81 bits per heavy atom. The smallest absolute Gasteiger partial charge is 0.113 e. The number of para-hydroxylation sites is 1. The first kappa shape index (κ1) is 17.6. The lowest BCUT2D eigenvalue weighted by atomic mass is 9.79. The average Bonchev–Trinajstić information content (AvgIpc) is 3.13. The van der Waals surface area contributed by atoms with Crippen LogP contribution in [0.5, 0.6) is 0 Å². The van der Waals surface area contributed by atoms with Crippen molar-refractivity contribution in [3.63, 3.8) is 0 Å². The van der Waals surface area contributed by atoms with Gasteiger partial charge in [0.05, 0.1) is 17.2 Å². The molecule has 0 saturated carbocycles. The van der Waals surface area contributed by atoms with E-state index in [9.17, 15) is 5.11 Å². The van der Waals surface area contributed by atoms with E-state index in [4.69, 9.17) is 0 Å². The van der Waals surface area contributed by atoms with Crippen LogP contribution in [0.3, 0.4) is 0 Å². The van der Waals surface area contributed by atoms with E-state index in [-0.39, 0.29) is 0 Å². The van der Waals surface area contributed by atoms with Crippen molar-refractivity contribution in [2.24, 2.45) is 0 Å². The average molecular weight is 370 g/mol. The number of β-amino-alcohol motifs (C(OH)–C–C–N with tert-alkyl or cyclic N) is 1. The molecule has 6 heteroatoms. The van der Waals surface area contributed by atoms with Crippen molar-refractivity contribution in [1.82, 2.24) is 24.8 Å². The Labute approximate surface area is 161 Å². The minimum atomic E-state index is -0.522. The molecule has 2 atom stereocenters. The number of aromatic nitrogens is 3. The predicted molar refractivity (Wildman–Crippen MR) is 106 cm³/mol. The highest BCUT2D eigenvalue weighted by Gasteiger charge is 2.45. The lowest BCUT2D eigenvalue weighted by Crippen LogP contribution is -2.63.